The van der Waals surface area contributed by atoms with Gasteiger partial charge in [0, 0.05) is 54.7 Å². The number of hydrogen-bond donors (Lipinski definition) is 0. The summed E-state index contributed by atoms with van der Waals surface area (Å²) in [6.07, 6.45) is 0. The number of hydrogen-bond acceptors (Lipinski definition) is 4. The zero-order valence-electron chi connectivity index (χ0n) is 36.0. The van der Waals surface area contributed by atoms with E-state index in [4.69, 9.17) is 19.4 Å². The van der Waals surface area contributed by atoms with Crippen molar-refractivity contribution in [2.75, 3.05) is 0 Å². The lowest BCUT2D eigenvalue weighted by Gasteiger charge is -2.15. The zero-order chi connectivity index (χ0) is 44.0. The molecule has 0 unspecified atom stereocenters. The van der Waals surface area contributed by atoms with Crippen molar-refractivity contribution in [2.24, 2.45) is 0 Å². The third kappa shape index (κ3) is 5.93. The Kier molecular flexibility index (Phi) is 8.18. The molecule has 4 heterocycles. The van der Waals surface area contributed by atoms with Crippen molar-refractivity contribution in [3.8, 4) is 56.7 Å². The topological polar surface area (TPSA) is 61.7 Å². The summed E-state index contributed by atoms with van der Waals surface area (Å²) in [5.74, 6) is 1.70. The van der Waals surface area contributed by atoms with Crippen molar-refractivity contribution in [2.45, 2.75) is 0 Å². The zero-order valence-corrected chi connectivity index (χ0v) is 36.0. The van der Waals surface area contributed by atoms with Crippen LogP contribution in [0.5, 0.6) is 0 Å². The van der Waals surface area contributed by atoms with E-state index in [0.29, 0.717) is 17.5 Å². The summed E-state index contributed by atoms with van der Waals surface area (Å²) in [5, 5.41) is 9.06. The Balaban J connectivity index is 1.05. The van der Waals surface area contributed by atoms with E-state index in [1.807, 2.05) is 18.2 Å². The van der Waals surface area contributed by atoms with Gasteiger partial charge in [0.15, 0.2) is 17.5 Å². The van der Waals surface area contributed by atoms with E-state index >= 15 is 0 Å². The van der Waals surface area contributed by atoms with Gasteiger partial charge in [-0.25, -0.2) is 15.0 Å². The highest BCUT2D eigenvalue weighted by Crippen LogP contribution is 2.42. The second-order valence-electron chi connectivity index (χ2n) is 17.2. The van der Waals surface area contributed by atoms with E-state index < -0.39 is 0 Å². The highest BCUT2D eigenvalue weighted by Gasteiger charge is 2.23. The van der Waals surface area contributed by atoms with Crippen molar-refractivity contribution in [3.05, 3.63) is 224 Å². The van der Waals surface area contributed by atoms with Crippen LogP contribution in [-0.4, -0.2) is 24.1 Å². The third-order valence-corrected chi connectivity index (χ3v) is 13.3. The van der Waals surface area contributed by atoms with Gasteiger partial charge < -0.3 is 13.6 Å². The van der Waals surface area contributed by atoms with E-state index in [1.165, 1.54) is 21.5 Å². The first-order valence-corrected chi connectivity index (χ1v) is 22.6. The Morgan fingerprint density at radius 2 is 0.836 bits per heavy atom. The van der Waals surface area contributed by atoms with Gasteiger partial charge in [0.25, 0.3) is 0 Å². The van der Waals surface area contributed by atoms with Crippen LogP contribution < -0.4 is 0 Å². The molecule has 4 aromatic heterocycles. The maximum Gasteiger partial charge on any atom is 0.166 e. The van der Waals surface area contributed by atoms with Gasteiger partial charge >= 0.3 is 0 Å². The van der Waals surface area contributed by atoms with Crippen molar-refractivity contribution in [1.29, 1.82) is 0 Å². The molecule has 0 aliphatic rings. The molecule has 0 spiro atoms. The molecule has 14 aromatic rings. The summed E-state index contributed by atoms with van der Waals surface area (Å²) in [6, 6.07) is 79.2. The maximum absolute atomic E-state index is 6.65. The molecule has 6 heteroatoms. The normalized spacial score (nSPS) is 11.9. The highest BCUT2D eigenvalue weighted by atomic mass is 16.3. The summed E-state index contributed by atoms with van der Waals surface area (Å²) in [5.41, 5.74) is 13.0. The Bertz CT molecular complexity index is 4260. The van der Waals surface area contributed by atoms with Crippen LogP contribution in [0.15, 0.2) is 229 Å². The summed E-state index contributed by atoms with van der Waals surface area (Å²) in [4.78, 5) is 16.2. The average molecular weight is 856 g/mol. The lowest BCUT2D eigenvalue weighted by atomic mass is 10.0. The predicted octanol–water partition coefficient (Wildman–Crippen LogP) is 15.8. The fraction of sp³-hybridized carbons (Fsp3) is 0. The minimum atomic E-state index is 0.544. The lowest BCUT2D eigenvalue weighted by molar-refractivity contribution is 0.669. The Labute approximate surface area is 384 Å². The first-order chi connectivity index (χ1) is 33.2. The molecule has 0 aliphatic heterocycles. The van der Waals surface area contributed by atoms with Crippen LogP contribution >= 0.6 is 0 Å². The molecule has 0 fully saturated rings. The average Bonchev–Trinajstić information content (AvgIpc) is 4.04. The number of para-hydroxylation sites is 4. The molecule has 0 saturated heterocycles. The molecule has 0 atom stereocenters. The highest BCUT2D eigenvalue weighted by molar-refractivity contribution is 6.15. The Morgan fingerprint density at radius 1 is 0.299 bits per heavy atom. The summed E-state index contributed by atoms with van der Waals surface area (Å²) in [7, 11) is 0. The van der Waals surface area contributed by atoms with Crippen molar-refractivity contribution in [1.82, 2.24) is 24.1 Å². The van der Waals surface area contributed by atoms with Crippen LogP contribution in [0.25, 0.3) is 133 Å². The smallest absolute Gasteiger partial charge is 0.166 e. The molecule has 0 N–H and O–H groups in total. The largest absolute Gasteiger partial charge is 0.456 e. The Morgan fingerprint density at radius 3 is 1.60 bits per heavy atom. The quantitative estimate of drug-likeness (QED) is 0.167. The second-order valence-corrected chi connectivity index (χ2v) is 17.2. The van der Waals surface area contributed by atoms with Crippen LogP contribution in [0.3, 0.4) is 0 Å². The van der Waals surface area contributed by atoms with Crippen molar-refractivity contribution in [3.63, 3.8) is 0 Å². The first kappa shape index (κ1) is 37.3. The molecule has 14 rings (SSSR count). The standard InChI is InChI=1S/C61H37N5O/c1-3-15-38(16-4-1)39-27-29-40(30-28-39)59-62-60(43-31-32-54-48(34-43)45-21-9-12-24-52(45)65(54)44-19-5-2-6-20-44)64-61(63-59)51-37-58-50(47-23-11-14-26-57(47)67-58)36-56(51)66-53-25-13-10-22-46(53)49-33-41-17-7-8-18-42(41)35-55(49)66/h1-37H. The first-order valence-electron chi connectivity index (χ1n) is 22.6. The Hall–Kier alpha value is -9.13. The number of rotatable bonds is 6. The minimum absolute atomic E-state index is 0.544. The van der Waals surface area contributed by atoms with Crippen LogP contribution in [-0.2, 0) is 0 Å². The van der Waals surface area contributed by atoms with Crippen molar-refractivity contribution >= 4 is 76.3 Å². The van der Waals surface area contributed by atoms with Crippen LogP contribution in [0.1, 0.15) is 0 Å². The summed E-state index contributed by atoms with van der Waals surface area (Å²) < 4.78 is 11.4. The summed E-state index contributed by atoms with van der Waals surface area (Å²) in [6.45, 7) is 0. The monoisotopic (exact) mass is 855 g/mol. The van der Waals surface area contributed by atoms with Gasteiger partial charge in [0.05, 0.1) is 27.8 Å². The molecular weight excluding hydrogens is 819 g/mol. The van der Waals surface area contributed by atoms with Gasteiger partial charge in [0.2, 0.25) is 0 Å². The SMILES string of the molecule is c1ccc(-c2ccc(-c3nc(-c4ccc5c(c4)c4ccccc4n5-c4ccccc4)nc(-c4cc5oc6ccccc6c5cc4-n4c5ccccc5c5cc6ccccc6cc54)n3)cc2)cc1. The second kappa shape index (κ2) is 14.7. The number of nitrogens with zero attached hydrogens (tertiary/aromatic N) is 5. The molecule has 0 amide bonds. The molecule has 10 aromatic carbocycles. The molecule has 6 nitrogen and oxygen atoms in total. The maximum atomic E-state index is 6.65. The van der Waals surface area contributed by atoms with E-state index in [9.17, 15) is 0 Å². The lowest BCUT2D eigenvalue weighted by Crippen LogP contribution is -2.04. The van der Waals surface area contributed by atoms with E-state index in [0.717, 1.165) is 94.0 Å². The molecule has 67 heavy (non-hydrogen) atoms. The van der Waals surface area contributed by atoms with Gasteiger partial charge in [-0.1, -0.05) is 152 Å². The summed E-state index contributed by atoms with van der Waals surface area (Å²) >= 11 is 0. The van der Waals surface area contributed by atoms with Crippen molar-refractivity contribution < 1.29 is 4.42 Å². The predicted molar refractivity (Wildman–Crippen MR) is 275 cm³/mol. The van der Waals surface area contributed by atoms with E-state index in [1.54, 1.807) is 0 Å². The van der Waals surface area contributed by atoms with E-state index in [-0.39, 0.29) is 0 Å². The van der Waals surface area contributed by atoms with Gasteiger partial charge in [-0.2, -0.15) is 0 Å². The number of benzene rings is 10. The number of aromatic nitrogens is 5. The molecule has 0 aliphatic carbocycles. The fourth-order valence-corrected chi connectivity index (χ4v) is 10.2. The van der Waals surface area contributed by atoms with Crippen LogP contribution in [0, 0.1) is 0 Å². The number of fused-ring (bicyclic) bond motifs is 10. The van der Waals surface area contributed by atoms with Crippen LogP contribution in [0.4, 0.5) is 0 Å². The third-order valence-electron chi connectivity index (χ3n) is 13.3. The molecular formula is C61H37N5O. The van der Waals surface area contributed by atoms with Gasteiger partial charge in [-0.15, -0.1) is 0 Å². The fourth-order valence-electron chi connectivity index (χ4n) is 10.2. The van der Waals surface area contributed by atoms with Gasteiger partial charge in [-0.3, -0.25) is 0 Å². The molecule has 0 bridgehead atoms. The van der Waals surface area contributed by atoms with Gasteiger partial charge in [0.1, 0.15) is 11.2 Å². The molecule has 312 valence electrons. The van der Waals surface area contributed by atoms with Crippen LogP contribution in [0.2, 0.25) is 0 Å². The molecule has 0 radical (unpaired) electrons. The van der Waals surface area contributed by atoms with Gasteiger partial charge in [-0.05, 0) is 94.7 Å². The number of furan rings is 1. The molecule has 0 saturated carbocycles. The van der Waals surface area contributed by atoms with E-state index in [2.05, 4.69) is 215 Å². The minimum Gasteiger partial charge on any atom is -0.456 e.